The number of carbonyl (C=O) groups is 3. The Morgan fingerprint density at radius 1 is 0.972 bits per heavy atom. The first kappa shape index (κ1) is 23.2. The molecule has 0 saturated carbocycles. The molecule has 36 heavy (non-hydrogen) atoms. The maximum absolute atomic E-state index is 13.7. The van der Waals surface area contributed by atoms with Crippen molar-refractivity contribution in [2.24, 2.45) is 0 Å². The second-order valence-corrected chi connectivity index (χ2v) is 8.90. The van der Waals surface area contributed by atoms with E-state index in [9.17, 15) is 14.4 Å². The van der Waals surface area contributed by atoms with Gasteiger partial charge >= 0.3 is 6.03 Å². The molecule has 2 N–H and O–H groups in total. The first-order valence-corrected chi connectivity index (χ1v) is 11.7. The minimum Gasteiger partial charge on any atom is -0.314 e. The van der Waals surface area contributed by atoms with Gasteiger partial charge in [0.2, 0.25) is 5.91 Å². The fraction of sp³-hybridized carbons (Fsp3) is 0.222. The first-order valence-electron chi connectivity index (χ1n) is 11.7. The Hall–Kier alpha value is -4.53. The standard InChI is InChI=1S/C27H26N6O3/c1-17-16-23-28-18(2)22(19(3)32(23)30-17)14-15-24(34)31-33-25(35)27(29-26(33)36,20-10-6-4-7-11-20)21-12-8-5-9-13-21/h4-13,16H,14-15H2,1-3H3,(H,29,36)(H,31,34). The first-order chi connectivity index (χ1) is 17.3. The molecule has 0 bridgehead atoms. The van der Waals surface area contributed by atoms with Crippen molar-refractivity contribution in [2.45, 2.75) is 39.2 Å². The van der Waals surface area contributed by atoms with Gasteiger partial charge in [-0.15, -0.1) is 0 Å². The Labute approximate surface area is 208 Å². The predicted molar refractivity (Wildman–Crippen MR) is 133 cm³/mol. The van der Waals surface area contributed by atoms with Crippen molar-refractivity contribution >= 4 is 23.5 Å². The Morgan fingerprint density at radius 2 is 1.58 bits per heavy atom. The van der Waals surface area contributed by atoms with Crippen LogP contribution in [0.2, 0.25) is 0 Å². The van der Waals surface area contributed by atoms with Crippen molar-refractivity contribution in [1.29, 1.82) is 0 Å². The van der Waals surface area contributed by atoms with Crippen LogP contribution < -0.4 is 10.7 Å². The maximum Gasteiger partial charge on any atom is 0.344 e. The molecule has 2 aromatic heterocycles. The monoisotopic (exact) mass is 482 g/mol. The number of imide groups is 1. The summed E-state index contributed by atoms with van der Waals surface area (Å²) >= 11 is 0. The second kappa shape index (κ2) is 8.92. The maximum atomic E-state index is 13.7. The van der Waals surface area contributed by atoms with E-state index in [2.05, 4.69) is 20.8 Å². The molecule has 1 saturated heterocycles. The van der Waals surface area contributed by atoms with Crippen molar-refractivity contribution in [3.05, 3.63) is 101 Å². The molecule has 1 aliphatic rings. The molecule has 1 aliphatic heterocycles. The summed E-state index contributed by atoms with van der Waals surface area (Å²) in [6, 6.07) is 19.2. The van der Waals surface area contributed by atoms with Gasteiger partial charge < -0.3 is 5.32 Å². The highest BCUT2D eigenvalue weighted by Crippen LogP contribution is 2.35. The van der Waals surface area contributed by atoms with Crippen LogP contribution >= 0.6 is 0 Å². The fourth-order valence-electron chi connectivity index (χ4n) is 4.79. The number of nitrogens with one attached hydrogen (secondary N) is 2. The van der Waals surface area contributed by atoms with E-state index in [4.69, 9.17) is 0 Å². The van der Waals surface area contributed by atoms with Crippen molar-refractivity contribution in [1.82, 2.24) is 30.3 Å². The Kier molecular flexibility index (Phi) is 5.75. The van der Waals surface area contributed by atoms with Gasteiger partial charge in [0.05, 0.1) is 5.69 Å². The van der Waals surface area contributed by atoms with Crippen LogP contribution in [-0.4, -0.2) is 37.5 Å². The summed E-state index contributed by atoms with van der Waals surface area (Å²) in [5, 5.41) is 8.06. The molecular formula is C27H26N6O3. The van der Waals surface area contributed by atoms with E-state index in [1.165, 1.54) is 0 Å². The van der Waals surface area contributed by atoms with E-state index < -0.39 is 23.4 Å². The number of aromatic nitrogens is 3. The average molecular weight is 483 g/mol. The van der Waals surface area contributed by atoms with E-state index >= 15 is 0 Å². The number of benzene rings is 2. The zero-order valence-corrected chi connectivity index (χ0v) is 20.3. The lowest BCUT2D eigenvalue weighted by molar-refractivity contribution is -0.138. The third kappa shape index (κ3) is 3.78. The Balaban J connectivity index is 1.38. The lowest BCUT2D eigenvalue weighted by atomic mass is 9.83. The molecule has 9 nitrogen and oxygen atoms in total. The highest BCUT2D eigenvalue weighted by molar-refractivity contribution is 6.10. The number of urea groups is 1. The van der Waals surface area contributed by atoms with Gasteiger partial charge in [0.1, 0.15) is 0 Å². The van der Waals surface area contributed by atoms with Gasteiger partial charge in [-0.2, -0.15) is 10.1 Å². The number of carbonyl (C=O) groups excluding carboxylic acids is 3. The van der Waals surface area contributed by atoms with Crippen LogP contribution in [-0.2, 0) is 21.5 Å². The fourth-order valence-corrected chi connectivity index (χ4v) is 4.79. The molecule has 182 valence electrons. The molecule has 5 rings (SSSR count). The Morgan fingerprint density at radius 3 is 2.19 bits per heavy atom. The largest absolute Gasteiger partial charge is 0.344 e. The topological polar surface area (TPSA) is 109 Å². The molecule has 3 heterocycles. The number of hydrazine groups is 1. The van der Waals surface area contributed by atoms with Gasteiger partial charge in [-0.25, -0.2) is 14.3 Å². The average Bonchev–Trinajstić information content (AvgIpc) is 3.37. The number of hydrogen-bond donors (Lipinski definition) is 2. The lowest BCUT2D eigenvalue weighted by Crippen LogP contribution is -2.49. The number of aryl methyl sites for hydroxylation is 3. The summed E-state index contributed by atoms with van der Waals surface area (Å²) in [5.74, 6) is -1.02. The number of fused-ring (bicyclic) bond motifs is 1. The smallest absolute Gasteiger partial charge is 0.314 e. The van der Waals surface area contributed by atoms with Crippen molar-refractivity contribution in [3.63, 3.8) is 0 Å². The third-order valence-corrected chi connectivity index (χ3v) is 6.56. The van der Waals surface area contributed by atoms with E-state index in [0.29, 0.717) is 17.5 Å². The molecule has 0 unspecified atom stereocenters. The predicted octanol–water partition coefficient (Wildman–Crippen LogP) is 3.11. The molecule has 0 atom stereocenters. The van der Waals surface area contributed by atoms with E-state index in [-0.39, 0.29) is 6.42 Å². The van der Waals surface area contributed by atoms with E-state index in [1.54, 1.807) is 53.0 Å². The van der Waals surface area contributed by atoms with Crippen LogP contribution in [0.4, 0.5) is 4.79 Å². The van der Waals surface area contributed by atoms with Crippen LogP contribution in [0.3, 0.4) is 0 Å². The third-order valence-electron chi connectivity index (χ3n) is 6.56. The molecule has 4 aromatic rings. The van der Waals surface area contributed by atoms with Gasteiger partial charge in [-0.05, 0) is 43.9 Å². The van der Waals surface area contributed by atoms with Crippen LogP contribution in [0.15, 0.2) is 66.7 Å². The van der Waals surface area contributed by atoms with Crippen LogP contribution in [0.25, 0.3) is 5.65 Å². The van der Waals surface area contributed by atoms with Gasteiger partial charge in [-0.3, -0.25) is 15.0 Å². The van der Waals surface area contributed by atoms with Crippen LogP contribution in [0.1, 0.15) is 40.2 Å². The molecule has 2 aromatic carbocycles. The number of nitrogens with zero attached hydrogens (tertiary/aromatic N) is 4. The quantitative estimate of drug-likeness (QED) is 0.411. The SMILES string of the molecule is Cc1cc2nc(C)c(CCC(=O)NN3C(=O)NC(c4ccccc4)(c4ccccc4)C3=O)c(C)n2n1. The van der Waals surface area contributed by atoms with Gasteiger partial charge in [0, 0.05) is 23.9 Å². The highest BCUT2D eigenvalue weighted by atomic mass is 16.2. The van der Waals surface area contributed by atoms with E-state index in [0.717, 1.165) is 33.3 Å². The molecule has 1 fully saturated rings. The molecule has 4 amide bonds. The molecule has 0 radical (unpaired) electrons. The highest BCUT2D eigenvalue weighted by Gasteiger charge is 2.54. The normalized spacial score (nSPS) is 14.8. The molecule has 0 aliphatic carbocycles. The summed E-state index contributed by atoms with van der Waals surface area (Å²) < 4.78 is 1.76. The summed E-state index contributed by atoms with van der Waals surface area (Å²) in [6.45, 7) is 5.74. The molecular weight excluding hydrogens is 456 g/mol. The second-order valence-electron chi connectivity index (χ2n) is 8.90. The minimum absolute atomic E-state index is 0.0653. The lowest BCUT2D eigenvalue weighted by Gasteiger charge is -2.27. The van der Waals surface area contributed by atoms with Crippen LogP contribution in [0.5, 0.6) is 0 Å². The summed E-state index contributed by atoms with van der Waals surface area (Å²) in [4.78, 5) is 44.2. The van der Waals surface area contributed by atoms with Gasteiger partial charge in [0.25, 0.3) is 5.91 Å². The van der Waals surface area contributed by atoms with Crippen molar-refractivity contribution < 1.29 is 14.4 Å². The Bertz CT molecular complexity index is 1440. The number of amides is 4. The van der Waals surface area contributed by atoms with Crippen LogP contribution in [0, 0.1) is 20.8 Å². The minimum atomic E-state index is -1.44. The van der Waals surface area contributed by atoms with Crippen molar-refractivity contribution in [3.8, 4) is 0 Å². The number of rotatable bonds is 6. The number of hydrogen-bond acceptors (Lipinski definition) is 5. The summed E-state index contributed by atoms with van der Waals surface area (Å²) in [7, 11) is 0. The molecule has 0 spiro atoms. The molecule has 9 heteroatoms. The van der Waals surface area contributed by atoms with Gasteiger partial charge in [-0.1, -0.05) is 60.7 Å². The summed E-state index contributed by atoms with van der Waals surface area (Å²) in [6.07, 6.45) is 0.452. The zero-order chi connectivity index (χ0) is 25.4. The van der Waals surface area contributed by atoms with Crippen molar-refractivity contribution in [2.75, 3.05) is 0 Å². The van der Waals surface area contributed by atoms with Gasteiger partial charge in [0.15, 0.2) is 11.2 Å². The zero-order valence-electron chi connectivity index (χ0n) is 20.3. The summed E-state index contributed by atoms with van der Waals surface area (Å²) in [5.41, 5.74) is 6.52. The van der Waals surface area contributed by atoms with E-state index in [1.807, 2.05) is 39.0 Å².